The Hall–Kier alpha value is -2.14. The summed E-state index contributed by atoms with van der Waals surface area (Å²) in [5.41, 5.74) is 0.653. The number of unbranched alkanes of at least 4 members (excludes halogenated alkanes) is 11. The number of carboxylic acid groups (broad SMARTS) is 1. The first-order chi connectivity index (χ1) is 19.5. The van der Waals surface area contributed by atoms with Crippen molar-refractivity contribution in [1.29, 1.82) is 0 Å². The summed E-state index contributed by atoms with van der Waals surface area (Å²) >= 11 is 0. The van der Waals surface area contributed by atoms with Crippen LogP contribution in [0.25, 0.3) is 0 Å². The first-order valence-corrected chi connectivity index (χ1v) is 16.3. The molecule has 0 aliphatic carbocycles. The predicted octanol–water partition coefficient (Wildman–Crippen LogP) is 9.07. The summed E-state index contributed by atoms with van der Waals surface area (Å²) in [6.45, 7) is 2.14. The smallest absolute Gasteiger partial charge is 0.314 e. The minimum atomic E-state index is -0.976. The van der Waals surface area contributed by atoms with Crippen molar-refractivity contribution in [1.82, 2.24) is 4.90 Å². The molecule has 2 aliphatic heterocycles. The summed E-state index contributed by atoms with van der Waals surface area (Å²) in [6, 6.07) is 10.8. The quantitative estimate of drug-likeness (QED) is 0.105. The van der Waals surface area contributed by atoms with E-state index in [0.29, 0.717) is 12.0 Å². The molecule has 3 rings (SSSR count). The maximum Gasteiger partial charge on any atom is 0.314 e. The van der Waals surface area contributed by atoms with Crippen molar-refractivity contribution in [2.24, 2.45) is 0 Å². The van der Waals surface area contributed by atoms with Crippen molar-refractivity contribution in [3.8, 4) is 0 Å². The van der Waals surface area contributed by atoms with Gasteiger partial charge >= 0.3 is 11.9 Å². The highest BCUT2D eigenvalue weighted by molar-refractivity contribution is 5.77. The van der Waals surface area contributed by atoms with Gasteiger partial charge in [0.05, 0.1) is 0 Å². The van der Waals surface area contributed by atoms with E-state index < -0.39 is 11.9 Å². The summed E-state index contributed by atoms with van der Waals surface area (Å²) in [5, 5.41) is 9.36. The van der Waals surface area contributed by atoms with Gasteiger partial charge in [-0.1, -0.05) is 107 Å². The molecule has 2 aliphatic rings. The molecule has 3 unspecified atom stereocenters. The molecule has 0 saturated carbocycles. The van der Waals surface area contributed by atoms with Gasteiger partial charge in [-0.2, -0.15) is 0 Å². The second kappa shape index (κ2) is 21.6. The lowest BCUT2D eigenvalue weighted by atomic mass is 10.0. The van der Waals surface area contributed by atoms with Crippen LogP contribution in [0.5, 0.6) is 0 Å². The molecule has 2 fully saturated rings. The number of nitrogens with zero attached hydrogens (tertiary/aromatic N) is 1. The number of ether oxygens (including phenoxy) is 1. The lowest BCUT2D eigenvalue weighted by molar-refractivity contribution is -0.148. The van der Waals surface area contributed by atoms with Crippen LogP contribution >= 0.6 is 0 Å². The van der Waals surface area contributed by atoms with Gasteiger partial charge in [0.15, 0.2) is 0 Å². The second-order valence-electron chi connectivity index (χ2n) is 11.8. The highest BCUT2D eigenvalue weighted by Crippen LogP contribution is 2.33. The molecule has 1 aromatic rings. The number of fused-ring (bicyclic) bond motifs is 2. The topological polar surface area (TPSA) is 66.8 Å². The number of hydrogen-bond acceptors (Lipinski definition) is 4. The van der Waals surface area contributed by atoms with Gasteiger partial charge in [-0.3, -0.25) is 9.59 Å². The molecule has 5 nitrogen and oxygen atoms in total. The van der Waals surface area contributed by atoms with Crippen molar-refractivity contribution in [2.75, 3.05) is 13.7 Å². The molecule has 2 heterocycles. The van der Waals surface area contributed by atoms with Gasteiger partial charge in [0.2, 0.25) is 0 Å². The minimum absolute atomic E-state index is 0.114. The standard InChI is InChI=1S/C27H42O4.C8H15N/c1-2-3-4-5-6-7-8-9-10-11-12-13-14-15-19-22-26(28)31-23-25(27(29)30)24-20-17-16-18-21-24;1-9-7-3-2-4-8(9)6-5-7/h12-13,16-18,20-21,25H,2-11,14-15,19,22-23H2,1H3,(H,29,30);7-8H,2-6H2,1H3/b13-12-;. The molecule has 40 heavy (non-hydrogen) atoms. The summed E-state index contributed by atoms with van der Waals surface area (Å²) in [6.07, 6.45) is 28.2. The van der Waals surface area contributed by atoms with Gasteiger partial charge in [0, 0.05) is 18.5 Å². The maximum absolute atomic E-state index is 11.9. The summed E-state index contributed by atoms with van der Waals surface area (Å²) in [7, 11) is 2.29. The van der Waals surface area contributed by atoms with Crippen LogP contribution < -0.4 is 0 Å². The number of rotatable bonds is 19. The molecule has 226 valence electrons. The van der Waals surface area contributed by atoms with Crippen LogP contribution in [-0.4, -0.2) is 47.7 Å². The van der Waals surface area contributed by atoms with E-state index in [2.05, 4.69) is 31.0 Å². The Balaban J connectivity index is 0.000000515. The van der Waals surface area contributed by atoms with Gasteiger partial charge < -0.3 is 14.7 Å². The van der Waals surface area contributed by atoms with E-state index in [9.17, 15) is 14.7 Å². The van der Waals surface area contributed by atoms with Crippen molar-refractivity contribution in [3.63, 3.8) is 0 Å². The van der Waals surface area contributed by atoms with Crippen LogP contribution in [-0.2, 0) is 14.3 Å². The van der Waals surface area contributed by atoms with Crippen molar-refractivity contribution in [2.45, 2.75) is 147 Å². The van der Waals surface area contributed by atoms with Crippen LogP contribution in [0.15, 0.2) is 42.5 Å². The number of allylic oxidation sites excluding steroid dienone is 2. The van der Waals surface area contributed by atoms with Crippen LogP contribution in [0.4, 0.5) is 0 Å². The molecule has 1 N–H and O–H groups in total. The number of carbonyl (C=O) groups is 2. The normalized spacial score (nSPS) is 19.2. The maximum atomic E-state index is 11.9. The molecule has 3 atom stereocenters. The Bertz CT molecular complexity index is 808. The van der Waals surface area contributed by atoms with Gasteiger partial charge in [0.25, 0.3) is 0 Å². The number of carbonyl (C=O) groups excluding carboxylic acids is 1. The number of benzene rings is 1. The van der Waals surface area contributed by atoms with Crippen molar-refractivity contribution < 1.29 is 19.4 Å². The monoisotopic (exact) mass is 555 g/mol. The fraction of sp³-hybridized carbons (Fsp3) is 0.714. The second-order valence-corrected chi connectivity index (χ2v) is 11.8. The third-order valence-corrected chi connectivity index (χ3v) is 8.61. The number of piperidine rings is 1. The van der Waals surface area contributed by atoms with Gasteiger partial charge in [-0.05, 0) is 70.4 Å². The average molecular weight is 556 g/mol. The van der Waals surface area contributed by atoms with E-state index in [4.69, 9.17) is 4.74 Å². The van der Waals surface area contributed by atoms with Gasteiger partial charge in [-0.15, -0.1) is 0 Å². The van der Waals surface area contributed by atoms with Crippen LogP contribution in [0.2, 0.25) is 0 Å². The Morgan fingerprint density at radius 1 is 0.850 bits per heavy atom. The van der Waals surface area contributed by atoms with Gasteiger partial charge in [-0.25, -0.2) is 0 Å². The highest BCUT2D eigenvalue weighted by atomic mass is 16.5. The Morgan fingerprint density at radius 3 is 1.95 bits per heavy atom. The molecule has 2 bridgehead atoms. The van der Waals surface area contributed by atoms with Crippen LogP contribution in [0.1, 0.15) is 140 Å². The van der Waals surface area contributed by atoms with E-state index in [-0.39, 0.29) is 12.6 Å². The first kappa shape index (κ1) is 34.1. The Kier molecular flexibility index (Phi) is 18.4. The molecule has 0 aromatic heterocycles. The van der Waals surface area contributed by atoms with E-state index in [1.165, 1.54) is 89.9 Å². The van der Waals surface area contributed by atoms with E-state index >= 15 is 0 Å². The van der Waals surface area contributed by atoms with Gasteiger partial charge in [0.1, 0.15) is 12.5 Å². The van der Waals surface area contributed by atoms with Crippen molar-refractivity contribution in [3.05, 3.63) is 48.0 Å². The lowest BCUT2D eigenvalue weighted by Gasteiger charge is -2.30. The summed E-state index contributed by atoms with van der Waals surface area (Å²) in [5.74, 6) is -2.11. The fourth-order valence-corrected chi connectivity index (χ4v) is 5.96. The Morgan fingerprint density at radius 2 is 1.40 bits per heavy atom. The zero-order chi connectivity index (χ0) is 28.8. The number of esters is 1. The fourth-order valence-electron chi connectivity index (χ4n) is 5.96. The molecule has 0 amide bonds. The number of hydrogen-bond donors (Lipinski definition) is 1. The zero-order valence-corrected chi connectivity index (χ0v) is 25.5. The summed E-state index contributed by atoms with van der Waals surface area (Å²) < 4.78 is 5.20. The van der Waals surface area contributed by atoms with Crippen LogP contribution in [0, 0.1) is 0 Å². The molecule has 1 aromatic carbocycles. The molecule has 5 heteroatoms. The van der Waals surface area contributed by atoms with Crippen molar-refractivity contribution >= 4 is 11.9 Å². The van der Waals surface area contributed by atoms with Crippen LogP contribution in [0.3, 0.4) is 0 Å². The lowest BCUT2D eigenvalue weighted by Crippen LogP contribution is -2.35. The largest absolute Gasteiger partial charge is 0.481 e. The average Bonchev–Trinajstić information content (AvgIpc) is 3.13. The minimum Gasteiger partial charge on any atom is -0.481 e. The number of aliphatic carboxylic acids is 1. The molecule has 0 spiro atoms. The first-order valence-electron chi connectivity index (χ1n) is 16.3. The summed E-state index contributed by atoms with van der Waals surface area (Å²) in [4.78, 5) is 25.9. The van der Waals surface area contributed by atoms with E-state index in [0.717, 1.165) is 37.8 Å². The molecular weight excluding hydrogens is 498 g/mol. The van der Waals surface area contributed by atoms with E-state index in [1.807, 2.05) is 6.07 Å². The zero-order valence-electron chi connectivity index (χ0n) is 25.5. The molecule has 2 saturated heterocycles. The molecular formula is C35H57NO4. The Labute approximate surface area is 244 Å². The third kappa shape index (κ3) is 14.5. The molecule has 0 radical (unpaired) electrons. The predicted molar refractivity (Wildman–Crippen MR) is 166 cm³/mol. The highest BCUT2D eigenvalue weighted by Gasteiger charge is 2.33. The third-order valence-electron chi connectivity index (χ3n) is 8.61. The van der Waals surface area contributed by atoms with E-state index in [1.54, 1.807) is 24.3 Å². The number of carboxylic acids is 1. The SMILES string of the molecule is CCCCCCCCCCC/C=C\CCCCC(=O)OCC(C(=O)O)c1ccccc1.CN1C2CCCC1CC2.